The Kier molecular flexibility index (Phi) is 2.31. The molecule has 1 fully saturated rings. The minimum Gasteiger partial charge on any atom is -0.330 e. The maximum Gasteiger partial charge on any atom is 0.123 e. The first kappa shape index (κ1) is 9.66. The summed E-state index contributed by atoms with van der Waals surface area (Å²) in [5.74, 6) is 0.450. The molecule has 1 aliphatic rings. The number of rotatable bonds is 2. The number of nitrogens with two attached hydrogens (primary N) is 1. The lowest BCUT2D eigenvalue weighted by Gasteiger charge is -2.48. The molecule has 14 heavy (non-hydrogen) atoms. The van der Waals surface area contributed by atoms with Crippen LogP contribution < -0.4 is 5.73 Å². The van der Waals surface area contributed by atoms with Gasteiger partial charge in [0.1, 0.15) is 5.82 Å². The van der Waals surface area contributed by atoms with E-state index in [2.05, 4.69) is 6.92 Å². The van der Waals surface area contributed by atoms with Gasteiger partial charge in [0.25, 0.3) is 0 Å². The van der Waals surface area contributed by atoms with Gasteiger partial charge >= 0.3 is 0 Å². The molecule has 0 saturated heterocycles. The summed E-state index contributed by atoms with van der Waals surface area (Å²) in [6, 6.07) is 6.80. The lowest BCUT2D eigenvalue weighted by atomic mass is 9.57. The van der Waals surface area contributed by atoms with Crippen molar-refractivity contribution in [1.29, 1.82) is 0 Å². The van der Waals surface area contributed by atoms with Gasteiger partial charge < -0.3 is 5.73 Å². The number of hydrogen-bond acceptors (Lipinski definition) is 1. The van der Waals surface area contributed by atoms with Gasteiger partial charge in [0, 0.05) is 12.0 Å². The fourth-order valence-corrected chi connectivity index (χ4v) is 2.41. The monoisotopic (exact) mass is 193 g/mol. The fraction of sp³-hybridized carbons (Fsp3) is 0.500. The Morgan fingerprint density at radius 1 is 1.43 bits per heavy atom. The van der Waals surface area contributed by atoms with Gasteiger partial charge in [-0.2, -0.15) is 0 Å². The molecule has 1 aromatic carbocycles. The summed E-state index contributed by atoms with van der Waals surface area (Å²) in [7, 11) is 0. The molecule has 0 spiro atoms. The first-order valence-corrected chi connectivity index (χ1v) is 5.15. The molecule has 0 amide bonds. The molecule has 2 unspecified atom stereocenters. The van der Waals surface area contributed by atoms with Crippen LogP contribution in [0.25, 0.3) is 0 Å². The first-order chi connectivity index (χ1) is 6.69. The van der Waals surface area contributed by atoms with Gasteiger partial charge in [0.2, 0.25) is 0 Å². The first-order valence-electron chi connectivity index (χ1n) is 5.15. The normalized spacial score (nSPS) is 31.2. The Morgan fingerprint density at radius 3 is 2.43 bits per heavy atom. The summed E-state index contributed by atoms with van der Waals surface area (Å²) in [4.78, 5) is 0. The van der Waals surface area contributed by atoms with E-state index in [0.29, 0.717) is 12.5 Å². The number of hydrogen-bond donors (Lipinski definition) is 1. The van der Waals surface area contributed by atoms with Crippen molar-refractivity contribution < 1.29 is 4.39 Å². The second kappa shape index (κ2) is 3.35. The SMILES string of the molecule is CC1CCC1(CN)c1ccc(F)cc1. The highest BCUT2D eigenvalue weighted by atomic mass is 19.1. The van der Waals surface area contributed by atoms with E-state index in [4.69, 9.17) is 5.73 Å². The molecule has 2 rings (SSSR count). The predicted octanol–water partition coefficient (Wildman–Crippen LogP) is 2.45. The highest BCUT2D eigenvalue weighted by molar-refractivity contribution is 5.30. The van der Waals surface area contributed by atoms with E-state index in [9.17, 15) is 4.39 Å². The molecule has 0 heterocycles. The van der Waals surface area contributed by atoms with E-state index in [-0.39, 0.29) is 11.2 Å². The lowest BCUT2D eigenvalue weighted by molar-refractivity contribution is 0.146. The Morgan fingerprint density at radius 2 is 2.07 bits per heavy atom. The average molecular weight is 193 g/mol. The van der Waals surface area contributed by atoms with Crippen LogP contribution in [0.2, 0.25) is 0 Å². The lowest BCUT2D eigenvalue weighted by Crippen LogP contribution is -2.48. The molecule has 0 aliphatic heterocycles. The van der Waals surface area contributed by atoms with Crippen LogP contribution in [-0.2, 0) is 5.41 Å². The summed E-state index contributed by atoms with van der Waals surface area (Å²) in [5.41, 5.74) is 7.15. The third kappa shape index (κ3) is 1.25. The molecular formula is C12H16FN. The molecule has 1 saturated carbocycles. The molecule has 1 aliphatic carbocycles. The predicted molar refractivity (Wildman–Crippen MR) is 55.5 cm³/mol. The molecular weight excluding hydrogens is 177 g/mol. The number of benzene rings is 1. The summed E-state index contributed by atoms with van der Waals surface area (Å²) < 4.78 is 12.8. The minimum atomic E-state index is -0.173. The largest absolute Gasteiger partial charge is 0.330 e. The van der Waals surface area contributed by atoms with E-state index in [1.807, 2.05) is 12.1 Å². The minimum absolute atomic E-state index is 0.119. The third-order valence-electron chi connectivity index (χ3n) is 3.75. The van der Waals surface area contributed by atoms with Gasteiger partial charge in [-0.3, -0.25) is 0 Å². The smallest absolute Gasteiger partial charge is 0.123 e. The van der Waals surface area contributed by atoms with Crippen LogP contribution >= 0.6 is 0 Å². The molecule has 76 valence electrons. The van der Waals surface area contributed by atoms with Gasteiger partial charge in [-0.25, -0.2) is 4.39 Å². The molecule has 1 aromatic rings. The van der Waals surface area contributed by atoms with Crippen LogP contribution in [0.4, 0.5) is 4.39 Å². The summed E-state index contributed by atoms with van der Waals surface area (Å²) in [6.45, 7) is 2.89. The average Bonchev–Trinajstić information content (AvgIpc) is 2.20. The van der Waals surface area contributed by atoms with E-state index >= 15 is 0 Å². The van der Waals surface area contributed by atoms with Crippen LogP contribution in [0.3, 0.4) is 0 Å². The summed E-state index contributed by atoms with van der Waals surface area (Å²) in [5, 5.41) is 0. The van der Waals surface area contributed by atoms with Crippen LogP contribution in [0.15, 0.2) is 24.3 Å². The quantitative estimate of drug-likeness (QED) is 0.767. The zero-order valence-corrected chi connectivity index (χ0v) is 8.46. The molecule has 1 nitrogen and oxygen atoms in total. The van der Waals surface area contributed by atoms with Crippen molar-refractivity contribution in [1.82, 2.24) is 0 Å². The van der Waals surface area contributed by atoms with Crippen molar-refractivity contribution in [2.45, 2.75) is 25.2 Å². The van der Waals surface area contributed by atoms with Gasteiger partial charge in [-0.15, -0.1) is 0 Å². The third-order valence-corrected chi connectivity index (χ3v) is 3.75. The van der Waals surface area contributed by atoms with Crippen LogP contribution in [0.5, 0.6) is 0 Å². The van der Waals surface area contributed by atoms with Crippen molar-refractivity contribution in [3.63, 3.8) is 0 Å². The molecule has 0 bridgehead atoms. The van der Waals surface area contributed by atoms with Gasteiger partial charge in [0.05, 0.1) is 0 Å². The van der Waals surface area contributed by atoms with Crippen molar-refractivity contribution in [2.24, 2.45) is 11.7 Å². The van der Waals surface area contributed by atoms with E-state index in [1.54, 1.807) is 0 Å². The number of halogens is 1. The van der Waals surface area contributed by atoms with Crippen molar-refractivity contribution >= 4 is 0 Å². The van der Waals surface area contributed by atoms with Crippen molar-refractivity contribution in [3.05, 3.63) is 35.6 Å². The van der Waals surface area contributed by atoms with E-state index in [1.165, 1.54) is 24.1 Å². The van der Waals surface area contributed by atoms with E-state index < -0.39 is 0 Å². The summed E-state index contributed by atoms with van der Waals surface area (Å²) >= 11 is 0. The maximum atomic E-state index is 12.8. The van der Waals surface area contributed by atoms with Gasteiger partial charge in [0.15, 0.2) is 0 Å². The Balaban J connectivity index is 2.33. The van der Waals surface area contributed by atoms with Crippen molar-refractivity contribution in [2.75, 3.05) is 6.54 Å². The highest BCUT2D eigenvalue weighted by Crippen LogP contribution is 2.47. The van der Waals surface area contributed by atoms with Crippen LogP contribution in [0, 0.1) is 11.7 Å². The Hall–Kier alpha value is -0.890. The second-order valence-corrected chi connectivity index (χ2v) is 4.31. The zero-order chi connectivity index (χ0) is 10.2. The molecule has 0 radical (unpaired) electrons. The van der Waals surface area contributed by atoms with E-state index in [0.717, 1.165) is 6.42 Å². The second-order valence-electron chi connectivity index (χ2n) is 4.31. The highest BCUT2D eigenvalue weighted by Gasteiger charge is 2.43. The topological polar surface area (TPSA) is 26.0 Å². The molecule has 2 N–H and O–H groups in total. The fourth-order valence-electron chi connectivity index (χ4n) is 2.41. The molecule has 2 heteroatoms. The maximum absolute atomic E-state index is 12.8. The van der Waals surface area contributed by atoms with Gasteiger partial charge in [-0.05, 0) is 36.5 Å². The standard InChI is InChI=1S/C12H16FN/c1-9-6-7-12(9,8-14)10-2-4-11(13)5-3-10/h2-5,9H,6-8,14H2,1H3. The summed E-state index contributed by atoms with van der Waals surface area (Å²) in [6.07, 6.45) is 2.37. The Labute approximate surface area is 84.1 Å². The van der Waals surface area contributed by atoms with Gasteiger partial charge in [-0.1, -0.05) is 19.1 Å². The Bertz CT molecular complexity index is 316. The zero-order valence-electron chi connectivity index (χ0n) is 8.46. The van der Waals surface area contributed by atoms with Crippen LogP contribution in [0.1, 0.15) is 25.3 Å². The van der Waals surface area contributed by atoms with Crippen molar-refractivity contribution in [3.8, 4) is 0 Å². The van der Waals surface area contributed by atoms with Crippen LogP contribution in [-0.4, -0.2) is 6.54 Å². The molecule has 0 aromatic heterocycles. The molecule has 2 atom stereocenters.